The minimum absolute atomic E-state index is 0.236. The molecule has 6 heteroatoms. The van der Waals surface area contributed by atoms with Crippen molar-refractivity contribution >= 4 is 39.2 Å². The molecule has 3 aromatic rings. The molecule has 1 aromatic heterocycles. The third-order valence-corrected chi connectivity index (χ3v) is 4.02. The lowest BCUT2D eigenvalue weighted by atomic mass is 10.1. The molecule has 2 N–H and O–H groups in total. The number of carbonyl (C=O) groups excluding carboxylic acids is 1. The monoisotopic (exact) mass is 396 g/mol. The van der Waals surface area contributed by atoms with Gasteiger partial charge in [-0.1, -0.05) is 22.0 Å². The van der Waals surface area contributed by atoms with Gasteiger partial charge in [-0.25, -0.2) is 9.97 Å². The van der Waals surface area contributed by atoms with Crippen LogP contribution >= 0.6 is 15.9 Å². The van der Waals surface area contributed by atoms with Gasteiger partial charge in [0.15, 0.2) is 0 Å². The number of halogens is 1. The molecule has 2 aromatic carbocycles. The average Bonchev–Trinajstić information content (AvgIpc) is 2.56. The maximum atomic E-state index is 12.3. The normalized spacial score (nSPS) is 10.4. The summed E-state index contributed by atoms with van der Waals surface area (Å²) in [4.78, 5) is 20.7. The summed E-state index contributed by atoms with van der Waals surface area (Å²) < 4.78 is 0.998. The van der Waals surface area contributed by atoms with Gasteiger partial charge in [-0.2, -0.15) is 0 Å². The highest BCUT2D eigenvalue weighted by molar-refractivity contribution is 9.10. The number of hydrogen-bond acceptors (Lipinski definition) is 4. The van der Waals surface area contributed by atoms with Crippen LogP contribution in [0.3, 0.4) is 0 Å². The van der Waals surface area contributed by atoms with Gasteiger partial charge in [-0.3, -0.25) is 4.79 Å². The number of benzene rings is 2. The van der Waals surface area contributed by atoms with Crippen LogP contribution in [0.15, 0.2) is 59.3 Å². The van der Waals surface area contributed by atoms with Gasteiger partial charge < -0.3 is 10.6 Å². The standard InChI is InChI=1S/C19H17BrN4O/c1-12-7-13(2)9-17(8-12)23-18(25)14-10-21-19(22-11-14)24-16-5-3-15(20)4-6-16/h3-11H,1-2H3,(H,23,25)(H,21,22,24). The second-order valence-electron chi connectivity index (χ2n) is 5.76. The number of anilines is 3. The van der Waals surface area contributed by atoms with E-state index in [1.807, 2.05) is 50.2 Å². The third kappa shape index (κ3) is 4.64. The highest BCUT2D eigenvalue weighted by atomic mass is 79.9. The van der Waals surface area contributed by atoms with E-state index in [1.165, 1.54) is 12.4 Å². The Morgan fingerprint density at radius 1 is 0.920 bits per heavy atom. The Bertz CT molecular complexity index is 872. The van der Waals surface area contributed by atoms with E-state index < -0.39 is 0 Å². The molecule has 126 valence electrons. The molecule has 0 spiro atoms. The van der Waals surface area contributed by atoms with Gasteiger partial charge in [0.1, 0.15) is 0 Å². The Balaban J connectivity index is 1.68. The molecule has 1 heterocycles. The number of nitrogens with zero attached hydrogens (tertiary/aromatic N) is 2. The maximum Gasteiger partial charge on any atom is 0.258 e. The molecule has 0 atom stereocenters. The van der Waals surface area contributed by atoms with Gasteiger partial charge in [-0.15, -0.1) is 0 Å². The molecule has 0 aliphatic rings. The Morgan fingerprint density at radius 3 is 2.12 bits per heavy atom. The zero-order valence-corrected chi connectivity index (χ0v) is 15.5. The molecular weight excluding hydrogens is 380 g/mol. The first-order chi connectivity index (χ1) is 12.0. The largest absolute Gasteiger partial charge is 0.324 e. The summed E-state index contributed by atoms with van der Waals surface area (Å²) >= 11 is 3.39. The minimum atomic E-state index is -0.236. The molecule has 0 radical (unpaired) electrons. The van der Waals surface area contributed by atoms with E-state index in [0.717, 1.165) is 27.0 Å². The molecule has 1 amide bonds. The Kier molecular flexibility index (Phi) is 5.09. The lowest BCUT2D eigenvalue weighted by molar-refractivity contribution is 0.102. The van der Waals surface area contributed by atoms with Crippen LogP contribution in [-0.4, -0.2) is 15.9 Å². The van der Waals surface area contributed by atoms with Crippen LogP contribution in [0.1, 0.15) is 21.5 Å². The molecule has 0 aliphatic heterocycles. The smallest absolute Gasteiger partial charge is 0.258 e. The van der Waals surface area contributed by atoms with E-state index in [4.69, 9.17) is 0 Å². The number of aromatic nitrogens is 2. The summed E-state index contributed by atoms with van der Waals surface area (Å²) in [6.45, 7) is 3.99. The summed E-state index contributed by atoms with van der Waals surface area (Å²) in [5.74, 6) is 0.200. The van der Waals surface area contributed by atoms with Crippen LogP contribution in [0, 0.1) is 13.8 Å². The van der Waals surface area contributed by atoms with E-state index in [9.17, 15) is 4.79 Å². The number of hydrogen-bond donors (Lipinski definition) is 2. The van der Waals surface area contributed by atoms with Crippen molar-refractivity contribution in [2.24, 2.45) is 0 Å². The van der Waals surface area contributed by atoms with Gasteiger partial charge in [0, 0.05) is 28.2 Å². The van der Waals surface area contributed by atoms with Crippen molar-refractivity contribution in [2.45, 2.75) is 13.8 Å². The Labute approximate surface area is 154 Å². The second-order valence-corrected chi connectivity index (χ2v) is 6.67. The van der Waals surface area contributed by atoms with Crippen LogP contribution in [0.2, 0.25) is 0 Å². The fourth-order valence-electron chi connectivity index (χ4n) is 2.42. The molecule has 0 saturated carbocycles. The number of rotatable bonds is 4. The molecule has 0 saturated heterocycles. The van der Waals surface area contributed by atoms with Crippen LogP contribution in [-0.2, 0) is 0 Å². The van der Waals surface area contributed by atoms with E-state index in [2.05, 4.69) is 42.6 Å². The van der Waals surface area contributed by atoms with Crippen molar-refractivity contribution in [2.75, 3.05) is 10.6 Å². The topological polar surface area (TPSA) is 66.9 Å². The summed E-state index contributed by atoms with van der Waals surface area (Å²) in [5, 5.41) is 5.96. The van der Waals surface area contributed by atoms with Gasteiger partial charge in [0.2, 0.25) is 5.95 Å². The van der Waals surface area contributed by atoms with Crippen LogP contribution in [0.25, 0.3) is 0 Å². The Hall–Kier alpha value is -2.73. The van der Waals surface area contributed by atoms with Crippen LogP contribution in [0.5, 0.6) is 0 Å². The SMILES string of the molecule is Cc1cc(C)cc(NC(=O)c2cnc(Nc3ccc(Br)cc3)nc2)c1. The predicted octanol–water partition coefficient (Wildman–Crippen LogP) is 4.85. The van der Waals surface area contributed by atoms with Crippen molar-refractivity contribution in [3.8, 4) is 0 Å². The van der Waals surface area contributed by atoms with E-state index >= 15 is 0 Å². The zero-order chi connectivity index (χ0) is 17.8. The van der Waals surface area contributed by atoms with E-state index in [1.54, 1.807) is 0 Å². The van der Waals surface area contributed by atoms with Crippen molar-refractivity contribution in [1.82, 2.24) is 9.97 Å². The van der Waals surface area contributed by atoms with Crippen molar-refractivity contribution in [3.05, 3.63) is 76.0 Å². The average molecular weight is 397 g/mol. The molecule has 5 nitrogen and oxygen atoms in total. The summed E-state index contributed by atoms with van der Waals surface area (Å²) in [6, 6.07) is 13.6. The van der Waals surface area contributed by atoms with E-state index in [0.29, 0.717) is 11.5 Å². The molecule has 3 rings (SSSR count). The fraction of sp³-hybridized carbons (Fsp3) is 0.105. The first kappa shape index (κ1) is 17.1. The molecular formula is C19H17BrN4O. The number of amides is 1. The van der Waals surface area contributed by atoms with Crippen LogP contribution in [0.4, 0.5) is 17.3 Å². The van der Waals surface area contributed by atoms with Crippen LogP contribution < -0.4 is 10.6 Å². The number of carbonyl (C=O) groups is 1. The number of nitrogens with one attached hydrogen (secondary N) is 2. The highest BCUT2D eigenvalue weighted by Gasteiger charge is 2.08. The van der Waals surface area contributed by atoms with Crippen molar-refractivity contribution in [3.63, 3.8) is 0 Å². The summed E-state index contributed by atoms with van der Waals surface area (Å²) in [6.07, 6.45) is 3.01. The minimum Gasteiger partial charge on any atom is -0.324 e. The van der Waals surface area contributed by atoms with Crippen molar-refractivity contribution < 1.29 is 4.79 Å². The molecule has 0 fully saturated rings. The summed E-state index contributed by atoms with van der Waals surface area (Å²) in [5.41, 5.74) is 4.23. The fourth-order valence-corrected chi connectivity index (χ4v) is 2.69. The molecule has 25 heavy (non-hydrogen) atoms. The zero-order valence-electron chi connectivity index (χ0n) is 13.9. The molecule has 0 bridgehead atoms. The molecule has 0 aliphatic carbocycles. The summed E-state index contributed by atoms with van der Waals surface area (Å²) in [7, 11) is 0. The van der Waals surface area contributed by atoms with Crippen molar-refractivity contribution in [1.29, 1.82) is 0 Å². The lowest BCUT2D eigenvalue weighted by Crippen LogP contribution is -2.13. The van der Waals surface area contributed by atoms with Gasteiger partial charge in [-0.05, 0) is 61.4 Å². The predicted molar refractivity (Wildman–Crippen MR) is 103 cm³/mol. The highest BCUT2D eigenvalue weighted by Crippen LogP contribution is 2.17. The Morgan fingerprint density at radius 2 is 1.52 bits per heavy atom. The first-order valence-electron chi connectivity index (χ1n) is 7.74. The quantitative estimate of drug-likeness (QED) is 0.661. The first-order valence-corrected chi connectivity index (χ1v) is 8.53. The third-order valence-electron chi connectivity index (χ3n) is 3.49. The maximum absolute atomic E-state index is 12.3. The van der Waals surface area contributed by atoms with Gasteiger partial charge in [0.05, 0.1) is 5.56 Å². The van der Waals surface area contributed by atoms with Gasteiger partial charge in [0.25, 0.3) is 5.91 Å². The second kappa shape index (κ2) is 7.44. The lowest BCUT2D eigenvalue weighted by Gasteiger charge is -2.08. The number of aryl methyl sites for hydroxylation is 2. The van der Waals surface area contributed by atoms with E-state index in [-0.39, 0.29) is 5.91 Å². The molecule has 0 unspecified atom stereocenters. The van der Waals surface area contributed by atoms with Gasteiger partial charge >= 0.3 is 0 Å².